The van der Waals surface area contributed by atoms with Crippen LogP contribution in [0.3, 0.4) is 0 Å². The highest BCUT2D eigenvalue weighted by Crippen LogP contribution is 2.33. The number of hydrogen-bond donors (Lipinski definition) is 1. The molecule has 2 aromatic rings. The second-order valence-electron chi connectivity index (χ2n) is 5.19. The molecule has 1 aliphatic heterocycles. The summed E-state index contributed by atoms with van der Waals surface area (Å²) in [4.78, 5) is 4.32. The summed E-state index contributed by atoms with van der Waals surface area (Å²) < 4.78 is 7.54. The molecule has 1 aliphatic rings. The number of rotatable bonds is 6. The Morgan fingerprint density at radius 3 is 3.19 bits per heavy atom. The predicted octanol–water partition coefficient (Wildman–Crippen LogP) is 2.41. The van der Waals surface area contributed by atoms with Gasteiger partial charge < -0.3 is 10.1 Å². The van der Waals surface area contributed by atoms with Crippen LogP contribution in [0, 0.1) is 0 Å². The third-order valence-electron chi connectivity index (χ3n) is 3.45. The Morgan fingerprint density at radius 2 is 2.33 bits per heavy atom. The van der Waals surface area contributed by atoms with E-state index in [9.17, 15) is 0 Å². The topological polar surface area (TPSA) is 52.0 Å². The zero-order valence-corrected chi connectivity index (χ0v) is 12.9. The second kappa shape index (κ2) is 6.45. The maximum Gasteiger partial charge on any atom is 0.164 e. The SMILES string of the molecule is CCCNCc1ncn(Cc2cc(Cl)cc3c2OCC3)n1. The van der Waals surface area contributed by atoms with E-state index in [4.69, 9.17) is 16.3 Å². The van der Waals surface area contributed by atoms with Crippen molar-refractivity contribution < 1.29 is 4.74 Å². The van der Waals surface area contributed by atoms with Crippen LogP contribution in [0.2, 0.25) is 5.02 Å². The van der Waals surface area contributed by atoms with Crippen molar-refractivity contribution in [3.63, 3.8) is 0 Å². The average molecular weight is 307 g/mol. The summed E-state index contributed by atoms with van der Waals surface area (Å²) in [6.07, 6.45) is 3.78. The van der Waals surface area contributed by atoms with Gasteiger partial charge in [0, 0.05) is 17.0 Å². The second-order valence-corrected chi connectivity index (χ2v) is 5.62. The van der Waals surface area contributed by atoms with Crippen LogP contribution >= 0.6 is 11.6 Å². The Morgan fingerprint density at radius 1 is 1.43 bits per heavy atom. The van der Waals surface area contributed by atoms with Crippen molar-refractivity contribution in [1.29, 1.82) is 0 Å². The molecule has 0 spiro atoms. The molecule has 1 N–H and O–H groups in total. The summed E-state index contributed by atoms with van der Waals surface area (Å²) in [5, 5.41) is 8.52. The third-order valence-corrected chi connectivity index (χ3v) is 3.67. The first kappa shape index (κ1) is 14.4. The number of fused-ring (bicyclic) bond motifs is 1. The standard InChI is InChI=1S/C15H19ClN4O/c1-2-4-17-8-14-18-10-20(19-14)9-12-7-13(16)6-11-3-5-21-15(11)12/h6-7,10,17H,2-5,8-9H2,1H3. The Balaban J connectivity index is 1.72. The molecule has 5 nitrogen and oxygen atoms in total. The minimum Gasteiger partial charge on any atom is -0.493 e. The van der Waals surface area contributed by atoms with Crippen LogP contribution in [0.4, 0.5) is 0 Å². The lowest BCUT2D eigenvalue weighted by Gasteiger charge is -2.08. The summed E-state index contributed by atoms with van der Waals surface area (Å²) in [6, 6.07) is 3.93. The lowest BCUT2D eigenvalue weighted by atomic mass is 10.1. The van der Waals surface area contributed by atoms with E-state index in [1.54, 1.807) is 6.33 Å². The molecule has 0 bridgehead atoms. The van der Waals surface area contributed by atoms with Crippen molar-refractivity contribution in [1.82, 2.24) is 20.1 Å². The van der Waals surface area contributed by atoms with Crippen LogP contribution in [0.5, 0.6) is 5.75 Å². The highest BCUT2D eigenvalue weighted by molar-refractivity contribution is 6.30. The zero-order valence-electron chi connectivity index (χ0n) is 12.1. The van der Waals surface area contributed by atoms with Crippen LogP contribution < -0.4 is 10.1 Å². The summed E-state index contributed by atoms with van der Waals surface area (Å²) in [5.74, 6) is 1.77. The van der Waals surface area contributed by atoms with Crippen LogP contribution in [-0.4, -0.2) is 27.9 Å². The number of halogens is 1. The number of benzene rings is 1. The van der Waals surface area contributed by atoms with Crippen molar-refractivity contribution in [3.8, 4) is 5.75 Å². The van der Waals surface area contributed by atoms with Gasteiger partial charge in [0.1, 0.15) is 12.1 Å². The fourth-order valence-electron chi connectivity index (χ4n) is 2.51. The van der Waals surface area contributed by atoms with E-state index in [0.29, 0.717) is 13.1 Å². The van der Waals surface area contributed by atoms with E-state index in [2.05, 4.69) is 22.3 Å². The quantitative estimate of drug-likeness (QED) is 0.833. The molecule has 0 unspecified atom stereocenters. The number of hydrogen-bond acceptors (Lipinski definition) is 4. The predicted molar refractivity (Wildman–Crippen MR) is 81.8 cm³/mol. The van der Waals surface area contributed by atoms with Crippen LogP contribution in [-0.2, 0) is 19.5 Å². The van der Waals surface area contributed by atoms with Crippen LogP contribution in [0.25, 0.3) is 0 Å². The number of nitrogens with one attached hydrogen (secondary N) is 1. The molecule has 0 saturated carbocycles. The van der Waals surface area contributed by atoms with Crippen molar-refractivity contribution >= 4 is 11.6 Å². The van der Waals surface area contributed by atoms with Gasteiger partial charge in [-0.1, -0.05) is 18.5 Å². The summed E-state index contributed by atoms with van der Waals surface area (Å²) in [6.45, 7) is 5.17. The van der Waals surface area contributed by atoms with E-state index in [1.807, 2.05) is 16.8 Å². The molecule has 0 amide bonds. The monoisotopic (exact) mass is 306 g/mol. The molecule has 0 saturated heterocycles. The fourth-order valence-corrected chi connectivity index (χ4v) is 2.77. The molecule has 21 heavy (non-hydrogen) atoms. The van der Waals surface area contributed by atoms with E-state index < -0.39 is 0 Å². The molecule has 1 aromatic heterocycles. The Kier molecular flexibility index (Phi) is 4.41. The molecule has 112 valence electrons. The van der Waals surface area contributed by atoms with Gasteiger partial charge in [-0.3, -0.25) is 0 Å². The molecular weight excluding hydrogens is 288 g/mol. The summed E-state index contributed by atoms with van der Waals surface area (Å²) >= 11 is 6.17. The van der Waals surface area contributed by atoms with Crippen molar-refractivity contribution in [3.05, 3.63) is 40.4 Å². The van der Waals surface area contributed by atoms with Crippen molar-refractivity contribution in [2.75, 3.05) is 13.2 Å². The lowest BCUT2D eigenvalue weighted by molar-refractivity contribution is 0.352. The number of nitrogens with zero attached hydrogens (tertiary/aromatic N) is 3. The van der Waals surface area contributed by atoms with Gasteiger partial charge in [-0.25, -0.2) is 9.67 Å². The molecule has 1 aromatic carbocycles. The van der Waals surface area contributed by atoms with Gasteiger partial charge >= 0.3 is 0 Å². The maximum atomic E-state index is 6.17. The largest absolute Gasteiger partial charge is 0.493 e. The smallest absolute Gasteiger partial charge is 0.164 e. The molecular formula is C15H19ClN4O. The molecule has 0 radical (unpaired) electrons. The molecule has 3 rings (SSSR count). The maximum absolute atomic E-state index is 6.17. The van der Waals surface area contributed by atoms with Gasteiger partial charge in [0.25, 0.3) is 0 Å². The van der Waals surface area contributed by atoms with Gasteiger partial charge in [-0.05, 0) is 30.7 Å². The van der Waals surface area contributed by atoms with Crippen LogP contribution in [0.1, 0.15) is 30.3 Å². The normalized spacial score (nSPS) is 13.2. The highest BCUT2D eigenvalue weighted by atomic mass is 35.5. The Labute approximate surface area is 129 Å². The van der Waals surface area contributed by atoms with E-state index >= 15 is 0 Å². The third kappa shape index (κ3) is 3.36. The fraction of sp³-hybridized carbons (Fsp3) is 0.467. The lowest BCUT2D eigenvalue weighted by Crippen LogP contribution is -2.15. The van der Waals surface area contributed by atoms with Gasteiger partial charge in [0.2, 0.25) is 0 Å². The van der Waals surface area contributed by atoms with Gasteiger partial charge in [0.15, 0.2) is 5.82 Å². The minimum atomic E-state index is 0.629. The van der Waals surface area contributed by atoms with Crippen molar-refractivity contribution in [2.24, 2.45) is 0 Å². The first-order chi connectivity index (χ1) is 10.3. The van der Waals surface area contributed by atoms with E-state index in [-0.39, 0.29) is 0 Å². The molecule has 0 aliphatic carbocycles. The Bertz CT molecular complexity index is 626. The number of aromatic nitrogens is 3. The van der Waals surface area contributed by atoms with Gasteiger partial charge in [-0.2, -0.15) is 5.10 Å². The average Bonchev–Trinajstić information content (AvgIpc) is 3.08. The first-order valence-electron chi connectivity index (χ1n) is 7.29. The summed E-state index contributed by atoms with van der Waals surface area (Å²) in [5.41, 5.74) is 2.25. The van der Waals surface area contributed by atoms with Crippen LogP contribution in [0.15, 0.2) is 18.5 Å². The van der Waals surface area contributed by atoms with Gasteiger partial charge in [0.05, 0.1) is 19.7 Å². The molecule has 0 fully saturated rings. The zero-order chi connectivity index (χ0) is 14.7. The molecule has 0 atom stereocenters. The van der Waals surface area contributed by atoms with E-state index in [0.717, 1.165) is 48.2 Å². The van der Waals surface area contributed by atoms with E-state index in [1.165, 1.54) is 5.56 Å². The Hall–Kier alpha value is -1.59. The number of ether oxygens (including phenoxy) is 1. The minimum absolute atomic E-state index is 0.629. The van der Waals surface area contributed by atoms with Gasteiger partial charge in [-0.15, -0.1) is 0 Å². The highest BCUT2D eigenvalue weighted by Gasteiger charge is 2.18. The summed E-state index contributed by atoms with van der Waals surface area (Å²) in [7, 11) is 0. The first-order valence-corrected chi connectivity index (χ1v) is 7.67. The molecule has 2 heterocycles. The molecule has 6 heteroatoms. The van der Waals surface area contributed by atoms with Crippen molar-refractivity contribution in [2.45, 2.75) is 32.9 Å².